The lowest BCUT2D eigenvalue weighted by atomic mass is 10.3. The molecule has 7 nitrogen and oxygen atoms in total. The first-order chi connectivity index (χ1) is 10.7. The van der Waals surface area contributed by atoms with Crippen molar-refractivity contribution >= 4 is 11.5 Å². The molecule has 1 heterocycles. The Labute approximate surface area is 130 Å². The highest BCUT2D eigenvalue weighted by Gasteiger charge is 2.32. The van der Waals surface area contributed by atoms with Gasteiger partial charge in [-0.25, -0.2) is 4.98 Å². The SMILES string of the molecule is CCCCNc1nc(C2CC2)nc(OCCCC)c1[N+](=O)[O-]. The number of nitrogens with zero attached hydrogens (tertiary/aromatic N) is 3. The molecule has 1 aliphatic rings. The van der Waals surface area contributed by atoms with Crippen molar-refractivity contribution in [3.8, 4) is 5.88 Å². The third kappa shape index (κ3) is 4.29. The van der Waals surface area contributed by atoms with E-state index in [0.29, 0.717) is 30.7 Å². The Morgan fingerprint density at radius 3 is 2.59 bits per heavy atom. The van der Waals surface area contributed by atoms with E-state index in [0.717, 1.165) is 38.5 Å². The summed E-state index contributed by atoms with van der Waals surface area (Å²) in [5.74, 6) is 1.38. The van der Waals surface area contributed by atoms with Gasteiger partial charge in [-0.2, -0.15) is 4.98 Å². The monoisotopic (exact) mass is 308 g/mol. The molecule has 0 amide bonds. The van der Waals surface area contributed by atoms with Gasteiger partial charge in [-0.3, -0.25) is 10.1 Å². The zero-order valence-electron chi connectivity index (χ0n) is 13.3. The number of aromatic nitrogens is 2. The van der Waals surface area contributed by atoms with Crippen LogP contribution in [0, 0.1) is 10.1 Å². The van der Waals surface area contributed by atoms with Crippen molar-refractivity contribution in [3.63, 3.8) is 0 Å². The van der Waals surface area contributed by atoms with Gasteiger partial charge in [0.15, 0.2) is 0 Å². The highest BCUT2D eigenvalue weighted by atomic mass is 16.6. The second-order valence-corrected chi connectivity index (χ2v) is 5.60. The number of nitrogens with one attached hydrogen (secondary N) is 1. The lowest BCUT2D eigenvalue weighted by Crippen LogP contribution is -2.12. The van der Waals surface area contributed by atoms with Crippen molar-refractivity contribution in [2.75, 3.05) is 18.5 Å². The second kappa shape index (κ2) is 7.91. The molecule has 122 valence electrons. The Morgan fingerprint density at radius 1 is 1.27 bits per heavy atom. The van der Waals surface area contributed by atoms with Gasteiger partial charge in [0.05, 0.1) is 11.5 Å². The maximum Gasteiger partial charge on any atom is 0.372 e. The quantitative estimate of drug-likeness (QED) is 0.403. The van der Waals surface area contributed by atoms with Crippen LogP contribution in [0.1, 0.15) is 64.1 Å². The molecule has 1 aliphatic carbocycles. The average Bonchev–Trinajstić information content (AvgIpc) is 3.31. The first-order valence-corrected chi connectivity index (χ1v) is 8.10. The molecule has 1 N–H and O–H groups in total. The predicted molar refractivity (Wildman–Crippen MR) is 84.5 cm³/mol. The third-order valence-corrected chi connectivity index (χ3v) is 3.55. The van der Waals surface area contributed by atoms with E-state index >= 15 is 0 Å². The Morgan fingerprint density at radius 2 is 2.00 bits per heavy atom. The minimum absolute atomic E-state index is 0.106. The van der Waals surface area contributed by atoms with Crippen molar-refractivity contribution in [1.82, 2.24) is 9.97 Å². The summed E-state index contributed by atoms with van der Waals surface area (Å²) in [7, 11) is 0. The maximum atomic E-state index is 11.4. The summed E-state index contributed by atoms with van der Waals surface area (Å²) in [6, 6.07) is 0. The van der Waals surface area contributed by atoms with Gasteiger partial charge in [-0.1, -0.05) is 26.7 Å². The molecular formula is C15H24N4O3. The number of hydrogen-bond acceptors (Lipinski definition) is 6. The van der Waals surface area contributed by atoms with Crippen LogP contribution in [0.3, 0.4) is 0 Å². The van der Waals surface area contributed by atoms with Crippen LogP contribution in [-0.4, -0.2) is 28.0 Å². The summed E-state index contributed by atoms with van der Waals surface area (Å²) in [6.07, 6.45) is 5.85. The highest BCUT2D eigenvalue weighted by molar-refractivity contribution is 5.62. The van der Waals surface area contributed by atoms with Crippen molar-refractivity contribution in [1.29, 1.82) is 0 Å². The van der Waals surface area contributed by atoms with Crippen molar-refractivity contribution in [2.24, 2.45) is 0 Å². The number of hydrogen-bond donors (Lipinski definition) is 1. The van der Waals surface area contributed by atoms with Gasteiger partial charge in [0, 0.05) is 12.5 Å². The van der Waals surface area contributed by atoms with Crippen LogP contribution in [0.15, 0.2) is 0 Å². The largest absolute Gasteiger partial charge is 0.473 e. The van der Waals surface area contributed by atoms with Crippen LogP contribution in [0.25, 0.3) is 0 Å². The van der Waals surface area contributed by atoms with Crippen molar-refractivity contribution in [2.45, 2.75) is 58.3 Å². The summed E-state index contributed by atoms with van der Waals surface area (Å²) in [5, 5.41) is 14.5. The molecule has 0 spiro atoms. The van der Waals surface area contributed by atoms with E-state index in [-0.39, 0.29) is 11.6 Å². The normalized spacial score (nSPS) is 13.9. The average molecular weight is 308 g/mol. The minimum Gasteiger partial charge on any atom is -0.473 e. The molecule has 1 saturated carbocycles. The highest BCUT2D eigenvalue weighted by Crippen LogP contribution is 2.42. The van der Waals surface area contributed by atoms with Crippen molar-refractivity contribution in [3.05, 3.63) is 15.9 Å². The number of rotatable bonds is 10. The molecule has 7 heteroatoms. The van der Waals surface area contributed by atoms with Gasteiger partial charge < -0.3 is 10.1 Å². The Kier molecular flexibility index (Phi) is 5.91. The van der Waals surface area contributed by atoms with E-state index in [2.05, 4.69) is 22.2 Å². The minimum atomic E-state index is -0.452. The zero-order chi connectivity index (χ0) is 15.9. The standard InChI is InChI=1S/C15H24N4O3/c1-3-5-9-16-14-12(19(20)21)15(22-10-6-4-2)18-13(17-14)11-7-8-11/h11H,3-10H2,1-2H3,(H,16,17,18). The fraction of sp³-hybridized carbons (Fsp3) is 0.733. The van der Waals surface area contributed by atoms with E-state index in [1.807, 2.05) is 6.92 Å². The summed E-state index contributed by atoms with van der Waals surface area (Å²) < 4.78 is 5.57. The van der Waals surface area contributed by atoms with Gasteiger partial charge in [-0.15, -0.1) is 0 Å². The van der Waals surface area contributed by atoms with Crippen LogP contribution in [0.2, 0.25) is 0 Å². The molecule has 0 radical (unpaired) electrons. The predicted octanol–water partition coefficient (Wildman–Crippen LogP) is 3.65. The molecule has 1 aromatic rings. The smallest absolute Gasteiger partial charge is 0.372 e. The molecule has 0 aromatic carbocycles. The summed E-state index contributed by atoms with van der Waals surface area (Å²) in [5.41, 5.74) is -0.142. The van der Waals surface area contributed by atoms with Gasteiger partial charge in [0.25, 0.3) is 5.88 Å². The number of unbranched alkanes of at least 4 members (excludes halogenated alkanes) is 2. The van der Waals surface area contributed by atoms with Crippen LogP contribution in [0.4, 0.5) is 11.5 Å². The summed E-state index contributed by atoms with van der Waals surface area (Å²) in [4.78, 5) is 19.6. The van der Waals surface area contributed by atoms with Crippen LogP contribution < -0.4 is 10.1 Å². The number of ether oxygens (including phenoxy) is 1. The molecule has 1 fully saturated rings. The van der Waals surface area contributed by atoms with E-state index in [1.165, 1.54) is 0 Å². The summed E-state index contributed by atoms with van der Waals surface area (Å²) in [6.45, 7) is 5.22. The summed E-state index contributed by atoms with van der Waals surface area (Å²) >= 11 is 0. The van der Waals surface area contributed by atoms with Gasteiger partial charge >= 0.3 is 5.69 Å². The second-order valence-electron chi connectivity index (χ2n) is 5.60. The number of anilines is 1. The third-order valence-electron chi connectivity index (χ3n) is 3.55. The maximum absolute atomic E-state index is 11.4. The molecular weight excluding hydrogens is 284 g/mol. The Hall–Kier alpha value is -1.92. The number of nitro groups is 1. The first-order valence-electron chi connectivity index (χ1n) is 8.10. The van der Waals surface area contributed by atoms with E-state index < -0.39 is 4.92 Å². The first kappa shape index (κ1) is 16.5. The molecule has 0 aliphatic heterocycles. The fourth-order valence-corrected chi connectivity index (χ4v) is 2.06. The molecule has 22 heavy (non-hydrogen) atoms. The van der Waals surface area contributed by atoms with E-state index in [9.17, 15) is 10.1 Å². The van der Waals surface area contributed by atoms with Crippen LogP contribution >= 0.6 is 0 Å². The fourth-order valence-electron chi connectivity index (χ4n) is 2.06. The van der Waals surface area contributed by atoms with Gasteiger partial charge in [0.2, 0.25) is 5.82 Å². The van der Waals surface area contributed by atoms with E-state index in [4.69, 9.17) is 4.74 Å². The lowest BCUT2D eigenvalue weighted by Gasteiger charge is -2.11. The molecule has 0 unspecified atom stereocenters. The molecule has 2 rings (SSSR count). The lowest BCUT2D eigenvalue weighted by molar-refractivity contribution is -0.385. The molecule has 0 saturated heterocycles. The molecule has 0 atom stereocenters. The van der Waals surface area contributed by atoms with Gasteiger partial charge in [-0.05, 0) is 25.7 Å². The van der Waals surface area contributed by atoms with Gasteiger partial charge in [0.1, 0.15) is 5.82 Å². The van der Waals surface area contributed by atoms with E-state index in [1.54, 1.807) is 0 Å². The topological polar surface area (TPSA) is 90.2 Å². The van der Waals surface area contributed by atoms with Crippen LogP contribution in [0.5, 0.6) is 5.88 Å². The Bertz CT molecular complexity index is 487. The Balaban J connectivity index is 2.28. The zero-order valence-corrected chi connectivity index (χ0v) is 13.3. The molecule has 1 aromatic heterocycles. The van der Waals surface area contributed by atoms with Crippen molar-refractivity contribution < 1.29 is 9.66 Å². The molecule has 0 bridgehead atoms. The van der Waals surface area contributed by atoms with Crippen LogP contribution in [-0.2, 0) is 0 Å².